The van der Waals surface area contributed by atoms with Crippen molar-refractivity contribution in [1.82, 2.24) is 0 Å². The second-order valence-corrected chi connectivity index (χ2v) is 7.35. The molecule has 4 atom stereocenters. The monoisotopic (exact) mass is 220 g/mol. The molecule has 0 aromatic carbocycles. The molecule has 2 fully saturated rings. The lowest BCUT2D eigenvalue weighted by Crippen LogP contribution is -2.41. The molecule has 0 bridgehead atoms. The summed E-state index contributed by atoms with van der Waals surface area (Å²) in [6.07, 6.45) is 5.08. The Labute approximate surface area is 98.9 Å². The van der Waals surface area contributed by atoms with Gasteiger partial charge in [0.1, 0.15) is 0 Å². The molecule has 4 unspecified atom stereocenters. The van der Waals surface area contributed by atoms with Gasteiger partial charge in [0, 0.05) is 5.92 Å². The van der Waals surface area contributed by atoms with Crippen molar-refractivity contribution >= 4 is 0 Å². The van der Waals surface area contributed by atoms with E-state index in [4.69, 9.17) is 0 Å². The van der Waals surface area contributed by atoms with Gasteiger partial charge < -0.3 is 5.11 Å². The van der Waals surface area contributed by atoms with Gasteiger partial charge in [0.25, 0.3) is 0 Å². The number of hydrogen-bond acceptors (Lipinski definition) is 1. The summed E-state index contributed by atoms with van der Waals surface area (Å²) in [6, 6.07) is 0. The van der Waals surface area contributed by atoms with Gasteiger partial charge in [0.05, 0.1) is 6.10 Å². The largest absolute Gasteiger partial charge is 0.392 e. The van der Waals surface area contributed by atoms with E-state index in [1.54, 1.807) is 11.1 Å². The van der Waals surface area contributed by atoms with Crippen molar-refractivity contribution in [3.63, 3.8) is 0 Å². The van der Waals surface area contributed by atoms with E-state index >= 15 is 0 Å². The average molecular weight is 220 g/mol. The molecule has 90 valence electrons. The van der Waals surface area contributed by atoms with Gasteiger partial charge in [-0.25, -0.2) is 0 Å². The van der Waals surface area contributed by atoms with Gasteiger partial charge in [0.15, 0.2) is 0 Å². The molecule has 1 heteroatoms. The van der Waals surface area contributed by atoms with Gasteiger partial charge in [0.2, 0.25) is 0 Å². The summed E-state index contributed by atoms with van der Waals surface area (Å²) in [5.74, 6) is 1.21. The van der Waals surface area contributed by atoms with Crippen LogP contribution >= 0.6 is 0 Å². The van der Waals surface area contributed by atoms with E-state index in [-0.39, 0.29) is 11.5 Å². The van der Waals surface area contributed by atoms with Crippen molar-refractivity contribution in [3.05, 3.63) is 11.1 Å². The van der Waals surface area contributed by atoms with E-state index in [0.717, 1.165) is 5.92 Å². The first-order chi connectivity index (χ1) is 7.35. The van der Waals surface area contributed by atoms with Crippen LogP contribution in [-0.4, -0.2) is 11.2 Å². The average Bonchev–Trinajstić information content (AvgIpc) is 2.34. The normalized spacial score (nSPS) is 49.7. The number of aliphatic hydroxyl groups excluding tert-OH is 1. The molecule has 1 nitrogen and oxygen atoms in total. The molecule has 0 heterocycles. The Morgan fingerprint density at radius 2 is 1.88 bits per heavy atom. The summed E-state index contributed by atoms with van der Waals surface area (Å²) < 4.78 is 0. The van der Waals surface area contributed by atoms with E-state index in [0.29, 0.717) is 11.3 Å². The van der Waals surface area contributed by atoms with Crippen molar-refractivity contribution < 1.29 is 5.11 Å². The first-order valence-corrected chi connectivity index (χ1v) is 6.73. The zero-order valence-electron chi connectivity index (χ0n) is 11.0. The van der Waals surface area contributed by atoms with Crippen LogP contribution in [0.5, 0.6) is 0 Å². The van der Waals surface area contributed by atoms with Crippen LogP contribution in [0.1, 0.15) is 53.4 Å². The van der Waals surface area contributed by atoms with Crippen molar-refractivity contribution in [1.29, 1.82) is 0 Å². The van der Waals surface area contributed by atoms with E-state index in [2.05, 4.69) is 27.7 Å². The van der Waals surface area contributed by atoms with Crippen molar-refractivity contribution in [2.75, 3.05) is 0 Å². The second kappa shape index (κ2) is 2.93. The summed E-state index contributed by atoms with van der Waals surface area (Å²) in [5, 5.41) is 10.5. The van der Waals surface area contributed by atoms with E-state index in [1.807, 2.05) is 0 Å². The van der Waals surface area contributed by atoms with Gasteiger partial charge in [-0.1, -0.05) is 31.9 Å². The highest BCUT2D eigenvalue weighted by molar-refractivity contribution is 5.35. The van der Waals surface area contributed by atoms with Crippen LogP contribution in [0.25, 0.3) is 0 Å². The first kappa shape index (κ1) is 10.8. The Morgan fingerprint density at radius 1 is 1.19 bits per heavy atom. The molecular formula is C15H24O. The molecule has 16 heavy (non-hydrogen) atoms. The molecule has 0 aliphatic heterocycles. The SMILES string of the molecule is CC1=C2CCC2(C)CC2CC(C)(C)C(O)C12. The highest BCUT2D eigenvalue weighted by atomic mass is 16.3. The molecule has 0 amide bonds. The van der Waals surface area contributed by atoms with Gasteiger partial charge in [-0.05, 0) is 49.4 Å². The topological polar surface area (TPSA) is 20.2 Å². The fourth-order valence-electron chi connectivity index (χ4n) is 4.81. The smallest absolute Gasteiger partial charge is 0.0659 e. The number of rotatable bonds is 0. The Hall–Kier alpha value is -0.300. The van der Waals surface area contributed by atoms with Crippen LogP contribution in [0.15, 0.2) is 11.1 Å². The summed E-state index contributed by atoms with van der Waals surface area (Å²) >= 11 is 0. The molecule has 2 saturated carbocycles. The van der Waals surface area contributed by atoms with Crippen LogP contribution in [0.3, 0.4) is 0 Å². The van der Waals surface area contributed by atoms with Gasteiger partial charge in [-0.3, -0.25) is 0 Å². The molecular weight excluding hydrogens is 196 g/mol. The molecule has 1 N–H and O–H groups in total. The number of hydrogen-bond donors (Lipinski definition) is 1. The van der Waals surface area contributed by atoms with E-state index < -0.39 is 0 Å². The lowest BCUT2D eigenvalue weighted by atomic mass is 9.54. The molecule has 3 aliphatic carbocycles. The Balaban J connectivity index is 2.02. The highest BCUT2D eigenvalue weighted by Gasteiger charge is 2.55. The van der Waals surface area contributed by atoms with Crippen molar-refractivity contribution in [2.45, 2.75) is 59.5 Å². The van der Waals surface area contributed by atoms with Crippen LogP contribution in [0, 0.1) is 22.7 Å². The zero-order valence-corrected chi connectivity index (χ0v) is 11.0. The minimum absolute atomic E-state index is 0.116. The Bertz CT molecular complexity index is 366. The maximum absolute atomic E-state index is 10.5. The Morgan fingerprint density at radius 3 is 2.44 bits per heavy atom. The third-order valence-corrected chi connectivity index (χ3v) is 5.78. The highest BCUT2D eigenvalue weighted by Crippen LogP contribution is 2.63. The predicted molar refractivity (Wildman–Crippen MR) is 66.0 cm³/mol. The van der Waals surface area contributed by atoms with Crippen LogP contribution in [0.2, 0.25) is 0 Å². The quantitative estimate of drug-likeness (QED) is 0.619. The molecule has 0 saturated heterocycles. The summed E-state index contributed by atoms with van der Waals surface area (Å²) in [7, 11) is 0. The van der Waals surface area contributed by atoms with Crippen LogP contribution in [-0.2, 0) is 0 Å². The van der Waals surface area contributed by atoms with Gasteiger partial charge >= 0.3 is 0 Å². The molecule has 3 rings (SSSR count). The standard InChI is InChI=1S/C15H24O/c1-9-11-5-6-15(11,4)8-10-7-14(2,3)13(16)12(9)10/h10,12-13,16H,5-8H2,1-4H3. The third kappa shape index (κ3) is 1.16. The number of allylic oxidation sites excluding steroid dienone is 1. The lowest BCUT2D eigenvalue weighted by molar-refractivity contribution is 0.0452. The second-order valence-electron chi connectivity index (χ2n) is 7.35. The number of aliphatic hydroxyl groups is 1. The molecule has 0 radical (unpaired) electrons. The Kier molecular flexibility index (Phi) is 1.98. The molecule has 0 aromatic rings. The molecule has 3 aliphatic rings. The van der Waals surface area contributed by atoms with Crippen molar-refractivity contribution in [2.24, 2.45) is 22.7 Å². The van der Waals surface area contributed by atoms with Crippen molar-refractivity contribution in [3.8, 4) is 0 Å². The fraction of sp³-hybridized carbons (Fsp3) is 0.867. The summed E-state index contributed by atoms with van der Waals surface area (Å²) in [6.45, 7) is 9.19. The number of fused-ring (bicyclic) bond motifs is 2. The summed E-state index contributed by atoms with van der Waals surface area (Å²) in [5.41, 5.74) is 3.86. The first-order valence-electron chi connectivity index (χ1n) is 6.73. The third-order valence-electron chi connectivity index (χ3n) is 5.78. The van der Waals surface area contributed by atoms with Gasteiger partial charge in [-0.2, -0.15) is 0 Å². The molecule has 0 spiro atoms. The molecule has 0 aromatic heterocycles. The van der Waals surface area contributed by atoms with Crippen LogP contribution < -0.4 is 0 Å². The minimum atomic E-state index is -0.116. The minimum Gasteiger partial charge on any atom is -0.392 e. The van der Waals surface area contributed by atoms with Gasteiger partial charge in [-0.15, -0.1) is 0 Å². The van der Waals surface area contributed by atoms with E-state index in [1.165, 1.54) is 25.7 Å². The van der Waals surface area contributed by atoms with E-state index in [9.17, 15) is 5.11 Å². The maximum atomic E-state index is 10.5. The maximum Gasteiger partial charge on any atom is 0.0659 e. The predicted octanol–water partition coefficient (Wildman–Crippen LogP) is 3.53. The summed E-state index contributed by atoms with van der Waals surface area (Å²) in [4.78, 5) is 0. The zero-order chi connectivity index (χ0) is 11.7. The fourth-order valence-corrected chi connectivity index (χ4v) is 4.81. The van der Waals surface area contributed by atoms with Crippen LogP contribution in [0.4, 0.5) is 0 Å². The lowest BCUT2D eigenvalue weighted by Gasteiger charge is -2.51.